The Balaban J connectivity index is 2.34. The predicted molar refractivity (Wildman–Crippen MR) is 83.9 cm³/mol. The number of amides is 1. The Hall–Kier alpha value is -0.720. The first-order chi connectivity index (χ1) is 8.99. The fraction of sp³-hybridized carbons (Fsp3) is 0. The van der Waals surface area contributed by atoms with E-state index in [0.717, 1.165) is 4.47 Å². The largest absolute Gasteiger partial charge is 0.318 e. The van der Waals surface area contributed by atoms with Crippen LogP contribution in [0.15, 0.2) is 49.8 Å². The van der Waals surface area contributed by atoms with E-state index in [2.05, 4.69) is 53.1 Å². The van der Waals surface area contributed by atoms with Crippen LogP contribution in [0.3, 0.4) is 0 Å². The lowest BCUT2D eigenvalue weighted by atomic mass is 10.2. The number of benzene rings is 2. The number of hydrogen-bond acceptors (Lipinski definition) is 1. The standard InChI is InChI=1S/C13H7Br3FNO/c14-7-4-5-9(15)8(6-7)13(19)18-12-10(16)2-1-3-11(12)17/h1-6H,(H,18,19). The van der Waals surface area contributed by atoms with E-state index in [4.69, 9.17) is 0 Å². The Labute approximate surface area is 134 Å². The number of carbonyl (C=O) groups is 1. The third-order valence-corrected chi connectivity index (χ3v) is 4.22. The third-order valence-electron chi connectivity index (χ3n) is 2.37. The van der Waals surface area contributed by atoms with E-state index in [1.807, 2.05) is 0 Å². The summed E-state index contributed by atoms with van der Waals surface area (Å²) in [4.78, 5) is 12.1. The van der Waals surface area contributed by atoms with Gasteiger partial charge in [-0.2, -0.15) is 0 Å². The zero-order valence-electron chi connectivity index (χ0n) is 9.38. The first-order valence-electron chi connectivity index (χ1n) is 5.19. The van der Waals surface area contributed by atoms with Crippen molar-refractivity contribution in [3.05, 3.63) is 61.2 Å². The van der Waals surface area contributed by atoms with Crippen LogP contribution < -0.4 is 5.32 Å². The lowest BCUT2D eigenvalue weighted by molar-refractivity contribution is 0.102. The molecule has 0 aromatic heterocycles. The summed E-state index contributed by atoms with van der Waals surface area (Å²) in [6.07, 6.45) is 0. The van der Waals surface area contributed by atoms with Gasteiger partial charge in [0.1, 0.15) is 5.82 Å². The van der Waals surface area contributed by atoms with Gasteiger partial charge in [-0.05, 0) is 62.2 Å². The lowest BCUT2D eigenvalue weighted by Crippen LogP contribution is -2.14. The smallest absolute Gasteiger partial charge is 0.256 e. The summed E-state index contributed by atoms with van der Waals surface area (Å²) in [6.45, 7) is 0. The number of anilines is 1. The minimum absolute atomic E-state index is 0.124. The highest BCUT2D eigenvalue weighted by atomic mass is 79.9. The molecule has 98 valence electrons. The maximum absolute atomic E-state index is 13.6. The second-order valence-corrected chi connectivity index (χ2v) is 6.30. The van der Waals surface area contributed by atoms with Crippen molar-refractivity contribution in [2.45, 2.75) is 0 Å². The number of nitrogens with one attached hydrogen (secondary N) is 1. The number of para-hydroxylation sites is 1. The number of hydrogen-bond donors (Lipinski definition) is 1. The first kappa shape index (κ1) is 14.7. The Bertz CT molecular complexity index is 626. The van der Waals surface area contributed by atoms with Crippen LogP contribution >= 0.6 is 47.8 Å². The molecule has 0 saturated carbocycles. The van der Waals surface area contributed by atoms with E-state index in [0.29, 0.717) is 14.5 Å². The van der Waals surface area contributed by atoms with Crippen molar-refractivity contribution >= 4 is 59.4 Å². The summed E-state index contributed by atoms with van der Waals surface area (Å²) >= 11 is 9.79. The van der Waals surface area contributed by atoms with Crippen LogP contribution in [0.4, 0.5) is 10.1 Å². The van der Waals surface area contributed by atoms with Crippen LogP contribution in [0.25, 0.3) is 0 Å². The van der Waals surface area contributed by atoms with Crippen molar-refractivity contribution in [3.8, 4) is 0 Å². The van der Waals surface area contributed by atoms with Crippen LogP contribution in [0, 0.1) is 5.82 Å². The predicted octanol–water partition coefficient (Wildman–Crippen LogP) is 5.37. The quantitative estimate of drug-likeness (QED) is 0.653. The summed E-state index contributed by atoms with van der Waals surface area (Å²) < 4.78 is 15.5. The Kier molecular flexibility index (Phi) is 4.76. The zero-order chi connectivity index (χ0) is 14.0. The molecule has 0 unspecified atom stereocenters. The molecule has 2 aromatic carbocycles. The van der Waals surface area contributed by atoms with E-state index in [1.165, 1.54) is 6.07 Å². The van der Waals surface area contributed by atoms with E-state index in [9.17, 15) is 9.18 Å². The molecule has 0 aliphatic heterocycles. The van der Waals surface area contributed by atoms with Gasteiger partial charge in [0.15, 0.2) is 0 Å². The van der Waals surface area contributed by atoms with Gasteiger partial charge >= 0.3 is 0 Å². The highest BCUT2D eigenvalue weighted by Gasteiger charge is 2.14. The third kappa shape index (κ3) is 3.43. The Morgan fingerprint density at radius 3 is 2.47 bits per heavy atom. The molecule has 6 heteroatoms. The molecule has 0 atom stereocenters. The van der Waals surface area contributed by atoms with E-state index in [-0.39, 0.29) is 11.6 Å². The molecule has 19 heavy (non-hydrogen) atoms. The summed E-state index contributed by atoms with van der Waals surface area (Å²) in [5.74, 6) is -0.882. The molecule has 0 bridgehead atoms. The summed E-state index contributed by atoms with van der Waals surface area (Å²) in [5.41, 5.74) is 0.545. The van der Waals surface area contributed by atoms with Crippen molar-refractivity contribution in [1.29, 1.82) is 0 Å². The Morgan fingerprint density at radius 1 is 1.05 bits per heavy atom. The highest BCUT2D eigenvalue weighted by molar-refractivity contribution is 9.11. The van der Waals surface area contributed by atoms with Gasteiger partial charge in [0, 0.05) is 13.4 Å². The molecular weight excluding hydrogens is 445 g/mol. The Morgan fingerprint density at radius 2 is 1.79 bits per heavy atom. The molecule has 0 heterocycles. The monoisotopic (exact) mass is 449 g/mol. The summed E-state index contributed by atoms with van der Waals surface area (Å²) in [7, 11) is 0. The van der Waals surface area contributed by atoms with Gasteiger partial charge in [-0.3, -0.25) is 4.79 Å². The van der Waals surface area contributed by atoms with Crippen LogP contribution in [-0.4, -0.2) is 5.91 Å². The van der Waals surface area contributed by atoms with E-state index >= 15 is 0 Å². The van der Waals surface area contributed by atoms with Crippen molar-refractivity contribution in [1.82, 2.24) is 0 Å². The average Bonchev–Trinajstić information content (AvgIpc) is 2.37. The van der Waals surface area contributed by atoms with Crippen molar-refractivity contribution in [2.75, 3.05) is 5.32 Å². The first-order valence-corrected chi connectivity index (χ1v) is 7.57. The molecule has 1 N–H and O–H groups in total. The SMILES string of the molecule is O=C(Nc1c(F)cccc1Br)c1cc(Br)ccc1Br. The molecule has 0 spiro atoms. The van der Waals surface area contributed by atoms with Gasteiger partial charge in [0.2, 0.25) is 0 Å². The van der Waals surface area contributed by atoms with Crippen LogP contribution in [0.5, 0.6) is 0 Å². The highest BCUT2D eigenvalue weighted by Crippen LogP contribution is 2.27. The molecule has 2 rings (SSSR count). The molecule has 0 fully saturated rings. The van der Waals surface area contributed by atoms with Gasteiger partial charge in [-0.1, -0.05) is 22.0 Å². The van der Waals surface area contributed by atoms with Crippen LogP contribution in [0.2, 0.25) is 0 Å². The van der Waals surface area contributed by atoms with Crippen LogP contribution in [-0.2, 0) is 0 Å². The maximum atomic E-state index is 13.6. The molecule has 2 nitrogen and oxygen atoms in total. The molecule has 0 radical (unpaired) electrons. The molecule has 0 aliphatic rings. The second kappa shape index (κ2) is 6.15. The van der Waals surface area contributed by atoms with Gasteiger partial charge in [-0.15, -0.1) is 0 Å². The molecular formula is C13H7Br3FNO. The minimum atomic E-state index is -0.492. The van der Waals surface area contributed by atoms with E-state index in [1.54, 1.807) is 30.3 Å². The van der Waals surface area contributed by atoms with Gasteiger partial charge in [0.25, 0.3) is 5.91 Å². The van der Waals surface area contributed by atoms with Crippen LogP contribution in [0.1, 0.15) is 10.4 Å². The zero-order valence-corrected chi connectivity index (χ0v) is 14.1. The van der Waals surface area contributed by atoms with Gasteiger partial charge in [0.05, 0.1) is 11.3 Å². The summed E-state index contributed by atoms with van der Waals surface area (Å²) in [5, 5.41) is 2.55. The lowest BCUT2D eigenvalue weighted by Gasteiger charge is -2.10. The van der Waals surface area contributed by atoms with Gasteiger partial charge in [-0.25, -0.2) is 4.39 Å². The molecule has 1 amide bonds. The fourth-order valence-electron chi connectivity index (χ4n) is 1.47. The number of carbonyl (C=O) groups excluding carboxylic acids is 1. The number of rotatable bonds is 2. The normalized spacial score (nSPS) is 10.3. The second-order valence-electron chi connectivity index (χ2n) is 3.67. The average molecular weight is 452 g/mol. The van der Waals surface area contributed by atoms with E-state index < -0.39 is 5.82 Å². The molecule has 2 aromatic rings. The van der Waals surface area contributed by atoms with Crippen molar-refractivity contribution in [3.63, 3.8) is 0 Å². The van der Waals surface area contributed by atoms with Crippen molar-refractivity contribution < 1.29 is 9.18 Å². The fourth-order valence-corrected chi connectivity index (χ4v) is 2.70. The summed E-state index contributed by atoms with van der Waals surface area (Å²) in [6, 6.07) is 9.72. The minimum Gasteiger partial charge on any atom is -0.318 e. The molecule has 0 saturated heterocycles. The molecule has 0 aliphatic carbocycles. The topological polar surface area (TPSA) is 29.1 Å². The number of halogens is 4. The van der Waals surface area contributed by atoms with Gasteiger partial charge < -0.3 is 5.32 Å². The van der Waals surface area contributed by atoms with Crippen molar-refractivity contribution in [2.24, 2.45) is 0 Å². The maximum Gasteiger partial charge on any atom is 0.256 e.